The molecule has 0 N–H and O–H groups in total. The number of hydrogen-bond donors (Lipinski definition) is 0. The largest absolute Gasteiger partial charge is 0.365 e. The van der Waals surface area contributed by atoms with Gasteiger partial charge in [-0.25, -0.2) is 4.98 Å². The van der Waals surface area contributed by atoms with E-state index in [4.69, 9.17) is 0 Å². The highest BCUT2D eigenvalue weighted by atomic mass is 16.2. The first-order chi connectivity index (χ1) is 14.2. The van der Waals surface area contributed by atoms with E-state index in [1.54, 1.807) is 0 Å². The van der Waals surface area contributed by atoms with Crippen molar-refractivity contribution < 1.29 is 4.79 Å². The normalized spacial score (nSPS) is 16.6. The van der Waals surface area contributed by atoms with Crippen molar-refractivity contribution in [2.24, 2.45) is 0 Å². The molecule has 1 aromatic carbocycles. The fourth-order valence-electron chi connectivity index (χ4n) is 3.97. The highest BCUT2D eigenvalue weighted by Gasteiger charge is 2.28. The zero-order valence-corrected chi connectivity index (χ0v) is 16.8. The zero-order chi connectivity index (χ0) is 20.1. The molecule has 0 spiro atoms. The maximum Gasteiger partial charge on any atom is 0.242 e. The summed E-state index contributed by atoms with van der Waals surface area (Å²) in [6, 6.07) is 16.0. The first-order valence-corrected chi connectivity index (χ1v) is 10.2. The fraction of sp³-hybridized carbons (Fsp3) is 0.348. The van der Waals surface area contributed by atoms with E-state index in [1.165, 1.54) is 0 Å². The van der Waals surface area contributed by atoms with Crippen molar-refractivity contribution in [1.82, 2.24) is 19.4 Å². The number of rotatable bonds is 6. The van der Waals surface area contributed by atoms with Crippen LogP contribution in [0.25, 0.3) is 0 Å². The second-order valence-electron chi connectivity index (χ2n) is 7.60. The number of imidazole rings is 1. The molecule has 1 atom stereocenters. The average molecular weight is 390 g/mol. The number of piperidine rings is 1. The number of aromatic nitrogens is 3. The van der Waals surface area contributed by atoms with E-state index in [1.807, 2.05) is 84.0 Å². The Hall–Kier alpha value is -3.15. The Morgan fingerprint density at radius 3 is 2.72 bits per heavy atom. The first kappa shape index (κ1) is 19.2. The van der Waals surface area contributed by atoms with Crippen molar-refractivity contribution >= 4 is 11.6 Å². The number of anilines is 1. The topological polar surface area (TPSA) is 54.3 Å². The van der Waals surface area contributed by atoms with Gasteiger partial charge in [-0.15, -0.1) is 0 Å². The Bertz CT molecular complexity index is 925. The summed E-state index contributed by atoms with van der Waals surface area (Å²) in [6.45, 7) is 2.64. The van der Waals surface area contributed by atoms with Crippen LogP contribution < -0.4 is 4.90 Å². The highest BCUT2D eigenvalue weighted by Crippen LogP contribution is 2.26. The lowest BCUT2D eigenvalue weighted by Crippen LogP contribution is -2.44. The molecule has 1 amide bonds. The van der Waals surface area contributed by atoms with Crippen LogP contribution in [0, 0.1) is 0 Å². The van der Waals surface area contributed by atoms with E-state index in [2.05, 4.69) is 14.5 Å². The van der Waals surface area contributed by atoms with Gasteiger partial charge in [-0.3, -0.25) is 9.78 Å². The smallest absolute Gasteiger partial charge is 0.242 e. The van der Waals surface area contributed by atoms with Crippen LogP contribution in [0.1, 0.15) is 30.3 Å². The summed E-state index contributed by atoms with van der Waals surface area (Å²) in [5.41, 5.74) is 2.07. The molecule has 1 aliphatic rings. The summed E-state index contributed by atoms with van der Waals surface area (Å²) in [7, 11) is 1.97. The van der Waals surface area contributed by atoms with Crippen LogP contribution in [-0.4, -0.2) is 52.0 Å². The van der Waals surface area contributed by atoms with Crippen LogP contribution in [0.15, 0.2) is 67.1 Å². The zero-order valence-electron chi connectivity index (χ0n) is 16.8. The molecule has 4 rings (SSSR count). The minimum absolute atomic E-state index is 0.170. The van der Waals surface area contributed by atoms with Gasteiger partial charge in [0.05, 0.1) is 18.8 Å². The quantitative estimate of drug-likeness (QED) is 0.650. The van der Waals surface area contributed by atoms with Crippen LogP contribution in [0.4, 0.5) is 5.69 Å². The summed E-state index contributed by atoms with van der Waals surface area (Å²) >= 11 is 0. The van der Waals surface area contributed by atoms with Gasteiger partial charge in [-0.2, -0.15) is 0 Å². The molecule has 150 valence electrons. The minimum atomic E-state index is 0.170. The van der Waals surface area contributed by atoms with Gasteiger partial charge in [-0.1, -0.05) is 24.3 Å². The van der Waals surface area contributed by atoms with E-state index in [9.17, 15) is 4.79 Å². The number of nitrogens with zero attached hydrogens (tertiary/aromatic N) is 5. The third-order valence-corrected chi connectivity index (χ3v) is 5.51. The molecule has 1 saturated heterocycles. The molecule has 0 saturated carbocycles. The molecule has 1 fully saturated rings. The minimum Gasteiger partial charge on any atom is -0.365 e. The van der Waals surface area contributed by atoms with E-state index in [0.29, 0.717) is 13.1 Å². The summed E-state index contributed by atoms with van der Waals surface area (Å²) in [4.78, 5) is 26.0. The van der Waals surface area contributed by atoms with E-state index in [0.717, 1.165) is 43.1 Å². The Labute approximate surface area is 171 Å². The van der Waals surface area contributed by atoms with Gasteiger partial charge in [-0.05, 0) is 37.1 Å². The Morgan fingerprint density at radius 2 is 1.93 bits per heavy atom. The summed E-state index contributed by atoms with van der Waals surface area (Å²) in [6.07, 6.45) is 7.73. The molecule has 2 aromatic heterocycles. The number of pyridine rings is 1. The molecule has 3 heterocycles. The molecule has 1 aliphatic heterocycles. The average Bonchev–Trinajstić information content (AvgIpc) is 3.23. The van der Waals surface area contributed by atoms with Crippen molar-refractivity contribution in [2.75, 3.05) is 31.6 Å². The molecule has 0 bridgehead atoms. The van der Waals surface area contributed by atoms with Crippen molar-refractivity contribution in [3.63, 3.8) is 0 Å². The highest BCUT2D eigenvalue weighted by molar-refractivity contribution is 5.81. The molecule has 3 aromatic rings. The second kappa shape index (κ2) is 8.90. The van der Waals surface area contributed by atoms with Crippen LogP contribution in [0.2, 0.25) is 0 Å². The van der Waals surface area contributed by atoms with Gasteiger partial charge < -0.3 is 14.4 Å². The molecule has 0 radical (unpaired) electrons. The Morgan fingerprint density at radius 1 is 1.10 bits per heavy atom. The third kappa shape index (κ3) is 4.65. The van der Waals surface area contributed by atoms with Gasteiger partial charge in [0.1, 0.15) is 5.82 Å². The molecule has 6 heteroatoms. The predicted molar refractivity (Wildman–Crippen MR) is 114 cm³/mol. The maximum absolute atomic E-state index is 12.9. The Kier molecular flexibility index (Phi) is 5.89. The molecule has 6 nitrogen and oxygen atoms in total. The van der Waals surface area contributed by atoms with Crippen molar-refractivity contribution in [3.8, 4) is 0 Å². The summed E-state index contributed by atoms with van der Waals surface area (Å²) in [5, 5.41) is 0. The summed E-state index contributed by atoms with van der Waals surface area (Å²) < 4.78 is 2.16. The van der Waals surface area contributed by atoms with Crippen molar-refractivity contribution in [2.45, 2.75) is 25.3 Å². The molecule has 29 heavy (non-hydrogen) atoms. The van der Waals surface area contributed by atoms with Crippen molar-refractivity contribution in [3.05, 3.63) is 78.6 Å². The monoisotopic (exact) mass is 389 g/mol. The lowest BCUT2D eigenvalue weighted by Gasteiger charge is -2.34. The van der Waals surface area contributed by atoms with Crippen LogP contribution in [0.3, 0.4) is 0 Å². The number of para-hydroxylation sites is 1. The standard InChI is InChI=1S/C23H27N5O/c1-26(21-10-3-2-4-11-21)18-22(29)27-14-7-8-19(16-27)23-25-13-15-28(23)17-20-9-5-6-12-24-20/h2-6,9-13,15,19H,7-8,14,16-18H2,1H3. The number of amides is 1. The lowest BCUT2D eigenvalue weighted by atomic mass is 9.97. The second-order valence-corrected chi connectivity index (χ2v) is 7.60. The van der Waals surface area contributed by atoms with Gasteiger partial charge in [0, 0.05) is 50.3 Å². The maximum atomic E-state index is 12.9. The van der Waals surface area contributed by atoms with Gasteiger partial charge in [0.25, 0.3) is 0 Å². The fourth-order valence-corrected chi connectivity index (χ4v) is 3.97. The number of hydrogen-bond acceptors (Lipinski definition) is 4. The number of benzene rings is 1. The number of likely N-dealkylation sites (N-methyl/N-ethyl adjacent to an activating group) is 1. The van der Waals surface area contributed by atoms with Gasteiger partial charge in [0.2, 0.25) is 5.91 Å². The van der Waals surface area contributed by atoms with Crippen LogP contribution >= 0.6 is 0 Å². The summed E-state index contributed by atoms with van der Waals surface area (Å²) in [5.74, 6) is 1.47. The number of likely N-dealkylation sites (tertiary alicyclic amines) is 1. The third-order valence-electron chi connectivity index (χ3n) is 5.51. The molecular weight excluding hydrogens is 362 g/mol. The first-order valence-electron chi connectivity index (χ1n) is 10.2. The number of carbonyl (C=O) groups excluding carboxylic acids is 1. The lowest BCUT2D eigenvalue weighted by molar-refractivity contribution is -0.130. The molecular formula is C23H27N5O. The predicted octanol–water partition coefficient (Wildman–Crippen LogP) is 3.17. The van der Waals surface area contributed by atoms with E-state index >= 15 is 0 Å². The van der Waals surface area contributed by atoms with Gasteiger partial charge >= 0.3 is 0 Å². The van der Waals surface area contributed by atoms with Gasteiger partial charge in [0.15, 0.2) is 0 Å². The van der Waals surface area contributed by atoms with E-state index < -0.39 is 0 Å². The van der Waals surface area contributed by atoms with Crippen molar-refractivity contribution in [1.29, 1.82) is 0 Å². The van der Waals surface area contributed by atoms with Crippen LogP contribution in [-0.2, 0) is 11.3 Å². The molecule has 0 aliphatic carbocycles. The Balaban J connectivity index is 1.41. The number of carbonyl (C=O) groups is 1. The van der Waals surface area contributed by atoms with Crippen LogP contribution in [0.5, 0.6) is 0 Å². The SMILES string of the molecule is CN(CC(=O)N1CCCC(c2nccn2Cc2ccccn2)C1)c1ccccc1. The van der Waals surface area contributed by atoms with E-state index in [-0.39, 0.29) is 11.8 Å². The molecule has 1 unspecified atom stereocenters.